The minimum atomic E-state index is -1.72. The number of nitrogens with one attached hydrogen (secondary N) is 1. The molecule has 1 aliphatic carbocycles. The number of carbonyl (C=O) groups is 1. The third kappa shape index (κ3) is 6.18. The second-order valence-corrected chi connectivity index (χ2v) is 11.5. The maximum Gasteiger partial charge on any atom is 0.203 e. The molecule has 0 radical (unpaired) electrons. The van der Waals surface area contributed by atoms with E-state index in [9.17, 15) is 22.4 Å². The lowest BCUT2D eigenvalue weighted by Crippen LogP contribution is -2.45. The minimum absolute atomic E-state index is 0.0742. The van der Waals surface area contributed by atoms with Gasteiger partial charge in [0.05, 0.1) is 27.5 Å². The molecule has 2 aromatic carbocycles. The van der Waals surface area contributed by atoms with Crippen LogP contribution in [0.1, 0.15) is 56.3 Å². The molecule has 2 aromatic heterocycles. The van der Waals surface area contributed by atoms with E-state index in [0.717, 1.165) is 41.5 Å². The van der Waals surface area contributed by atoms with Crippen molar-refractivity contribution in [2.24, 2.45) is 5.92 Å². The normalized spacial score (nSPS) is 16.1. The Kier molecular flexibility index (Phi) is 9.19. The van der Waals surface area contributed by atoms with Crippen LogP contribution in [0.3, 0.4) is 0 Å². The van der Waals surface area contributed by atoms with Crippen LogP contribution in [0, 0.1) is 29.2 Å². The second kappa shape index (κ2) is 12.8. The Labute approximate surface area is 244 Å². The van der Waals surface area contributed by atoms with Crippen LogP contribution in [0.5, 0.6) is 5.75 Å². The Hall–Kier alpha value is -3.42. The van der Waals surface area contributed by atoms with E-state index >= 15 is 0 Å². The van der Waals surface area contributed by atoms with Crippen LogP contribution < -0.4 is 10.1 Å². The predicted molar refractivity (Wildman–Crippen MR) is 148 cm³/mol. The molecular formula is C29H31F4N5O3S. The predicted octanol–water partition coefficient (Wildman–Crippen LogP) is 5.87. The molecule has 13 heteroatoms. The maximum absolute atomic E-state index is 14.1. The first kappa shape index (κ1) is 30.1. The maximum atomic E-state index is 14.1. The van der Waals surface area contributed by atoms with Gasteiger partial charge in [-0.15, -0.1) is 16.4 Å². The van der Waals surface area contributed by atoms with E-state index in [1.165, 1.54) is 11.8 Å². The zero-order valence-electron chi connectivity index (χ0n) is 23.2. The number of rotatable bonds is 13. The highest BCUT2D eigenvalue weighted by atomic mass is 32.1. The van der Waals surface area contributed by atoms with Gasteiger partial charge in [-0.05, 0) is 43.4 Å². The van der Waals surface area contributed by atoms with Gasteiger partial charge < -0.3 is 14.8 Å². The molecule has 1 fully saturated rings. The van der Waals surface area contributed by atoms with E-state index in [2.05, 4.69) is 33.6 Å². The number of Topliss-reactive ketones (excluding diaryl/α,β-unsaturated/α-hetero) is 1. The Morgan fingerprint density at radius 2 is 1.90 bits per heavy atom. The molecule has 1 unspecified atom stereocenters. The molecule has 2 heterocycles. The lowest BCUT2D eigenvalue weighted by molar-refractivity contribution is -0.125. The summed E-state index contributed by atoms with van der Waals surface area (Å²) in [5, 5.41) is 12.4. The number of hydrogen-bond acceptors (Lipinski definition) is 8. The average Bonchev–Trinajstić information content (AvgIpc) is 3.77. The molecule has 2 atom stereocenters. The van der Waals surface area contributed by atoms with Crippen LogP contribution in [-0.4, -0.2) is 46.1 Å². The number of benzene rings is 2. The van der Waals surface area contributed by atoms with E-state index in [-0.39, 0.29) is 25.0 Å². The summed E-state index contributed by atoms with van der Waals surface area (Å²) in [6, 6.07) is 5.26. The van der Waals surface area contributed by atoms with Crippen molar-refractivity contribution in [1.29, 1.82) is 0 Å². The Bertz CT molecular complexity index is 1530. The minimum Gasteiger partial charge on any atom is -0.479 e. The lowest BCUT2D eigenvalue weighted by Gasteiger charge is -2.35. The number of carbonyl (C=O) groups excluding carboxylic acids is 1. The summed E-state index contributed by atoms with van der Waals surface area (Å²) in [5.41, 5.74) is 3.96. The van der Waals surface area contributed by atoms with Gasteiger partial charge in [0.1, 0.15) is 18.3 Å². The van der Waals surface area contributed by atoms with Gasteiger partial charge in [-0.1, -0.05) is 24.1 Å². The summed E-state index contributed by atoms with van der Waals surface area (Å²) in [6.45, 7) is 1.98. The molecular weight excluding hydrogens is 574 g/mol. The SMILES string of the molecule is COCCC(C(=O)COc1c(F)c(F)cc(F)c1F)n1cc([C@@](C)(NCc2ccc3ncsc3c2)C2CCCC2)nn1. The van der Waals surface area contributed by atoms with E-state index in [1.807, 2.05) is 17.6 Å². The first-order valence-corrected chi connectivity index (χ1v) is 14.6. The molecule has 42 heavy (non-hydrogen) atoms. The van der Waals surface area contributed by atoms with Crippen LogP contribution in [0.2, 0.25) is 0 Å². The molecule has 1 saturated carbocycles. The molecule has 8 nitrogen and oxygen atoms in total. The zero-order chi connectivity index (χ0) is 29.9. The number of thiazole rings is 1. The molecule has 0 amide bonds. The van der Waals surface area contributed by atoms with E-state index in [0.29, 0.717) is 12.2 Å². The smallest absolute Gasteiger partial charge is 0.203 e. The molecule has 1 N–H and O–H groups in total. The number of methoxy groups -OCH3 is 1. The number of aromatic nitrogens is 4. The fourth-order valence-corrected chi connectivity index (χ4v) is 6.24. The third-order valence-electron chi connectivity index (χ3n) is 7.99. The summed E-state index contributed by atoms with van der Waals surface area (Å²) in [6.07, 6.45) is 6.06. The standard InChI is InChI=1S/C29H31F4N5O3S/c1-29(18-5-3-4-6-18,35-13-17-7-8-21-24(11-17)42-16-34-21)25-14-38(37-36-25)22(9-10-40-2)23(39)15-41-28-26(32)19(30)12-20(31)27(28)33/h7-8,11-12,14,16,18,22,35H,3-6,9-10,13,15H2,1-2H3/t22?,29-/m0/s1. The monoisotopic (exact) mass is 605 g/mol. The summed E-state index contributed by atoms with van der Waals surface area (Å²) >= 11 is 1.58. The van der Waals surface area contributed by atoms with Gasteiger partial charge in [-0.3, -0.25) is 4.79 Å². The zero-order valence-corrected chi connectivity index (χ0v) is 24.0. The fourth-order valence-electron chi connectivity index (χ4n) is 5.50. The van der Waals surface area contributed by atoms with Gasteiger partial charge in [0, 0.05) is 32.7 Å². The first-order valence-electron chi connectivity index (χ1n) is 13.7. The van der Waals surface area contributed by atoms with Gasteiger partial charge in [0.25, 0.3) is 0 Å². The molecule has 0 saturated heterocycles. The Balaban J connectivity index is 1.37. The summed E-state index contributed by atoms with van der Waals surface area (Å²) in [5.74, 6) is -8.32. The van der Waals surface area contributed by atoms with Crippen LogP contribution in [0.15, 0.2) is 36.0 Å². The fraction of sp³-hybridized carbons (Fsp3) is 0.448. The van der Waals surface area contributed by atoms with Gasteiger partial charge in [-0.2, -0.15) is 8.78 Å². The highest BCUT2D eigenvalue weighted by molar-refractivity contribution is 7.16. The number of halogens is 4. The molecule has 4 aromatic rings. The van der Waals surface area contributed by atoms with Crippen molar-refractivity contribution in [3.63, 3.8) is 0 Å². The van der Waals surface area contributed by atoms with Gasteiger partial charge in [0.2, 0.25) is 11.6 Å². The number of fused-ring (bicyclic) bond motifs is 1. The van der Waals surface area contributed by atoms with Gasteiger partial charge in [-0.25, -0.2) is 18.4 Å². The second-order valence-electron chi connectivity index (χ2n) is 10.6. The van der Waals surface area contributed by atoms with E-state index in [1.54, 1.807) is 17.5 Å². The van der Waals surface area contributed by atoms with Crippen LogP contribution in [-0.2, 0) is 21.6 Å². The van der Waals surface area contributed by atoms with Crippen LogP contribution >= 0.6 is 11.3 Å². The largest absolute Gasteiger partial charge is 0.479 e. The number of ether oxygens (including phenoxy) is 2. The molecule has 0 aliphatic heterocycles. The van der Waals surface area contributed by atoms with Crippen molar-refractivity contribution >= 4 is 27.3 Å². The highest BCUT2D eigenvalue weighted by Gasteiger charge is 2.40. The summed E-state index contributed by atoms with van der Waals surface area (Å²) in [4.78, 5) is 17.5. The molecule has 1 aliphatic rings. The van der Waals surface area contributed by atoms with Crippen molar-refractivity contribution in [1.82, 2.24) is 25.3 Å². The van der Waals surface area contributed by atoms with E-state index in [4.69, 9.17) is 9.47 Å². The van der Waals surface area contributed by atoms with Crippen molar-refractivity contribution in [3.05, 3.63) is 70.5 Å². The number of nitrogens with zero attached hydrogens (tertiary/aromatic N) is 4. The van der Waals surface area contributed by atoms with Crippen molar-refractivity contribution in [2.45, 2.75) is 57.2 Å². The molecule has 0 spiro atoms. The highest BCUT2D eigenvalue weighted by Crippen LogP contribution is 2.40. The third-order valence-corrected chi connectivity index (χ3v) is 8.78. The quantitative estimate of drug-likeness (QED) is 0.151. The van der Waals surface area contributed by atoms with Crippen molar-refractivity contribution in [2.75, 3.05) is 20.3 Å². The first-order chi connectivity index (χ1) is 20.2. The summed E-state index contributed by atoms with van der Waals surface area (Å²) < 4.78 is 68.0. The van der Waals surface area contributed by atoms with Crippen LogP contribution in [0.25, 0.3) is 10.2 Å². The van der Waals surface area contributed by atoms with Gasteiger partial charge in [0.15, 0.2) is 23.2 Å². The summed E-state index contributed by atoms with van der Waals surface area (Å²) in [7, 11) is 1.47. The van der Waals surface area contributed by atoms with Gasteiger partial charge >= 0.3 is 0 Å². The van der Waals surface area contributed by atoms with Crippen molar-refractivity contribution in [3.8, 4) is 5.75 Å². The van der Waals surface area contributed by atoms with Crippen LogP contribution in [0.4, 0.5) is 17.6 Å². The van der Waals surface area contributed by atoms with E-state index < -0.39 is 53.0 Å². The number of ketones is 1. The molecule has 5 rings (SSSR count). The topological polar surface area (TPSA) is 91.2 Å². The Morgan fingerprint density at radius 3 is 2.62 bits per heavy atom. The Morgan fingerprint density at radius 1 is 1.17 bits per heavy atom. The molecule has 224 valence electrons. The average molecular weight is 606 g/mol. The van der Waals surface area contributed by atoms with Crippen molar-refractivity contribution < 1.29 is 31.8 Å². The number of hydrogen-bond donors (Lipinski definition) is 1. The lowest BCUT2D eigenvalue weighted by atomic mass is 9.81. The molecule has 0 bridgehead atoms.